The maximum absolute atomic E-state index is 12.7. The minimum absolute atomic E-state index is 0.115. The zero-order chi connectivity index (χ0) is 26.3. The molecule has 8 heteroatoms. The molecule has 1 aliphatic carbocycles. The molecule has 6 rings (SSSR count). The van der Waals surface area contributed by atoms with Crippen LogP contribution in [0.2, 0.25) is 10.0 Å². The van der Waals surface area contributed by atoms with Gasteiger partial charge in [0.25, 0.3) is 0 Å². The first-order valence-corrected chi connectivity index (χ1v) is 13.3. The van der Waals surface area contributed by atoms with E-state index in [1.54, 1.807) is 6.33 Å². The fraction of sp³-hybridized carbons (Fsp3) is 0.200. The molecule has 190 valence electrons. The Morgan fingerprint density at radius 3 is 2.26 bits per heavy atom. The van der Waals surface area contributed by atoms with Gasteiger partial charge in [-0.3, -0.25) is 9.36 Å². The van der Waals surface area contributed by atoms with E-state index in [9.17, 15) is 4.79 Å². The monoisotopic (exact) mass is 541 g/mol. The van der Waals surface area contributed by atoms with Gasteiger partial charge in [-0.2, -0.15) is 0 Å². The van der Waals surface area contributed by atoms with Crippen molar-refractivity contribution in [1.29, 1.82) is 0 Å². The maximum Gasteiger partial charge on any atom is 0.228 e. The van der Waals surface area contributed by atoms with Crippen LogP contribution in [-0.2, 0) is 10.2 Å². The number of primary amides is 1. The third kappa shape index (κ3) is 4.14. The lowest BCUT2D eigenvalue weighted by Crippen LogP contribution is -2.43. The van der Waals surface area contributed by atoms with Crippen LogP contribution in [0.1, 0.15) is 42.9 Å². The van der Waals surface area contributed by atoms with Crippen molar-refractivity contribution in [3.8, 4) is 17.1 Å². The van der Waals surface area contributed by atoms with Crippen molar-refractivity contribution in [3.63, 3.8) is 0 Å². The van der Waals surface area contributed by atoms with E-state index in [-0.39, 0.29) is 11.8 Å². The molecule has 6 nitrogen and oxygen atoms in total. The van der Waals surface area contributed by atoms with Gasteiger partial charge in [0.2, 0.25) is 5.91 Å². The summed E-state index contributed by atoms with van der Waals surface area (Å²) in [6.45, 7) is 0. The highest BCUT2D eigenvalue weighted by molar-refractivity contribution is 6.33. The lowest BCUT2D eigenvalue weighted by molar-refractivity contribution is -0.124. The first kappa shape index (κ1) is 24.6. The largest absolute Gasteiger partial charge is 0.369 e. The van der Waals surface area contributed by atoms with E-state index in [1.165, 1.54) is 0 Å². The maximum atomic E-state index is 12.7. The molecular weight excluding hydrogens is 517 g/mol. The zero-order valence-corrected chi connectivity index (χ0v) is 22.0. The zero-order valence-electron chi connectivity index (χ0n) is 20.5. The molecule has 1 fully saturated rings. The van der Waals surface area contributed by atoms with Gasteiger partial charge in [-0.15, -0.1) is 0 Å². The Morgan fingerprint density at radius 1 is 0.895 bits per heavy atom. The Labute approximate surface area is 230 Å². The molecule has 2 N–H and O–H groups in total. The summed E-state index contributed by atoms with van der Waals surface area (Å²) in [4.78, 5) is 27.2. The van der Waals surface area contributed by atoms with Crippen molar-refractivity contribution in [2.45, 2.75) is 37.0 Å². The van der Waals surface area contributed by atoms with E-state index in [2.05, 4.69) is 4.98 Å². The smallest absolute Gasteiger partial charge is 0.228 e. The van der Waals surface area contributed by atoms with Gasteiger partial charge in [-0.25, -0.2) is 15.0 Å². The summed E-state index contributed by atoms with van der Waals surface area (Å²) in [5, 5.41) is 1.24. The van der Waals surface area contributed by atoms with Crippen molar-refractivity contribution >= 4 is 40.3 Å². The van der Waals surface area contributed by atoms with Gasteiger partial charge in [0.15, 0.2) is 5.65 Å². The van der Waals surface area contributed by atoms with Gasteiger partial charge in [0, 0.05) is 22.2 Å². The van der Waals surface area contributed by atoms with Gasteiger partial charge in [-0.1, -0.05) is 65.7 Å². The summed E-state index contributed by atoms with van der Waals surface area (Å²) < 4.78 is 2.00. The molecule has 1 amide bonds. The van der Waals surface area contributed by atoms with Crippen LogP contribution in [0, 0.1) is 0 Å². The summed E-state index contributed by atoms with van der Waals surface area (Å²) in [6.07, 6.45) is 4.42. The average molecular weight is 542 g/mol. The van der Waals surface area contributed by atoms with Crippen LogP contribution >= 0.6 is 23.2 Å². The molecule has 5 aromatic rings. The average Bonchev–Trinajstić information content (AvgIpc) is 3.34. The van der Waals surface area contributed by atoms with E-state index < -0.39 is 5.41 Å². The number of hydrogen-bond acceptors (Lipinski definition) is 4. The molecule has 0 radical (unpaired) electrons. The summed E-state index contributed by atoms with van der Waals surface area (Å²) in [5.41, 5.74) is 10.3. The fourth-order valence-electron chi connectivity index (χ4n) is 5.68. The topological polar surface area (TPSA) is 86.7 Å². The minimum atomic E-state index is -0.671. The number of carbonyl (C=O) groups is 1. The predicted octanol–water partition coefficient (Wildman–Crippen LogP) is 6.87. The number of carbonyl (C=O) groups excluding carboxylic acids is 1. The molecule has 0 bridgehead atoms. The van der Waals surface area contributed by atoms with Crippen LogP contribution in [0.15, 0.2) is 85.2 Å². The normalized spacial score (nSPS) is 19.5. The third-order valence-electron chi connectivity index (χ3n) is 7.70. The molecular formula is C30H25Cl2N5O. The van der Waals surface area contributed by atoms with Crippen molar-refractivity contribution in [1.82, 2.24) is 19.5 Å². The Morgan fingerprint density at radius 2 is 1.58 bits per heavy atom. The number of amides is 1. The van der Waals surface area contributed by atoms with E-state index >= 15 is 0 Å². The Bertz CT molecular complexity index is 1620. The molecule has 1 aliphatic rings. The highest BCUT2D eigenvalue weighted by Crippen LogP contribution is 2.46. The van der Waals surface area contributed by atoms with Crippen molar-refractivity contribution in [2.75, 3.05) is 0 Å². The number of hydrogen-bond donors (Lipinski definition) is 1. The SMILES string of the molecule is NC(=O)C1(c2ccccc2)CCC(c2ncnc3c2nc(-c2ccccc2Cl)n3-c2ccc(Cl)cc2)CC1. The van der Waals surface area contributed by atoms with E-state index in [0.29, 0.717) is 34.4 Å². The molecule has 38 heavy (non-hydrogen) atoms. The molecule has 0 spiro atoms. The van der Waals surface area contributed by atoms with Crippen molar-refractivity contribution in [2.24, 2.45) is 5.73 Å². The molecule has 0 atom stereocenters. The Balaban J connectivity index is 1.45. The summed E-state index contributed by atoms with van der Waals surface area (Å²) in [7, 11) is 0. The second-order valence-corrected chi connectivity index (χ2v) is 10.6. The van der Waals surface area contributed by atoms with E-state index in [4.69, 9.17) is 38.9 Å². The standard InChI is InChI=1S/C30H25Cl2N5O/c31-21-10-12-22(13-11-21)37-27(23-8-4-5-9-24(23)32)36-26-25(34-18-35-28(26)37)19-14-16-30(17-15-19,29(33)38)20-6-2-1-3-7-20/h1-13,18-19H,14-17H2,(H2,33,38). The number of halogens is 2. The number of benzene rings is 3. The van der Waals surface area contributed by atoms with Crippen LogP contribution in [0.3, 0.4) is 0 Å². The number of imidazole rings is 1. The molecule has 0 saturated heterocycles. The number of rotatable bonds is 5. The molecule has 3 aromatic carbocycles. The highest BCUT2D eigenvalue weighted by Gasteiger charge is 2.43. The van der Waals surface area contributed by atoms with Gasteiger partial charge in [-0.05, 0) is 67.6 Å². The highest BCUT2D eigenvalue weighted by atomic mass is 35.5. The first-order valence-electron chi connectivity index (χ1n) is 12.6. The molecule has 1 saturated carbocycles. The predicted molar refractivity (Wildman–Crippen MR) is 151 cm³/mol. The molecule has 2 aromatic heterocycles. The third-order valence-corrected chi connectivity index (χ3v) is 8.28. The minimum Gasteiger partial charge on any atom is -0.369 e. The number of fused-ring (bicyclic) bond motifs is 1. The van der Waals surface area contributed by atoms with Gasteiger partial charge in [0.1, 0.15) is 17.7 Å². The van der Waals surface area contributed by atoms with E-state index in [0.717, 1.165) is 40.9 Å². The van der Waals surface area contributed by atoms with Crippen LogP contribution in [-0.4, -0.2) is 25.4 Å². The Kier molecular flexibility index (Phi) is 6.38. The second kappa shape index (κ2) is 9.86. The lowest BCUT2D eigenvalue weighted by atomic mass is 9.65. The van der Waals surface area contributed by atoms with Crippen LogP contribution in [0.25, 0.3) is 28.2 Å². The van der Waals surface area contributed by atoms with Gasteiger partial charge in [0.05, 0.1) is 16.1 Å². The summed E-state index contributed by atoms with van der Waals surface area (Å²) in [5.74, 6) is 0.522. The summed E-state index contributed by atoms with van der Waals surface area (Å²) in [6, 6.07) is 25.1. The van der Waals surface area contributed by atoms with Crippen molar-refractivity contribution < 1.29 is 4.79 Å². The lowest BCUT2D eigenvalue weighted by Gasteiger charge is -2.38. The number of nitrogens with zero attached hydrogens (tertiary/aromatic N) is 4. The van der Waals surface area contributed by atoms with Crippen LogP contribution < -0.4 is 5.73 Å². The summed E-state index contributed by atoms with van der Waals surface area (Å²) >= 11 is 12.8. The van der Waals surface area contributed by atoms with Gasteiger partial charge >= 0.3 is 0 Å². The van der Waals surface area contributed by atoms with E-state index in [1.807, 2.05) is 83.4 Å². The van der Waals surface area contributed by atoms with Crippen molar-refractivity contribution in [3.05, 3.63) is 106 Å². The Hall–Kier alpha value is -3.74. The second-order valence-electron chi connectivity index (χ2n) is 9.74. The molecule has 0 unspecified atom stereocenters. The van der Waals surface area contributed by atoms with Crippen LogP contribution in [0.5, 0.6) is 0 Å². The van der Waals surface area contributed by atoms with Crippen LogP contribution in [0.4, 0.5) is 0 Å². The molecule has 0 aliphatic heterocycles. The van der Waals surface area contributed by atoms with Gasteiger partial charge < -0.3 is 5.73 Å². The fourth-order valence-corrected chi connectivity index (χ4v) is 6.03. The first-order chi connectivity index (χ1) is 18.5. The quantitative estimate of drug-likeness (QED) is 0.263. The number of nitrogens with two attached hydrogens (primary N) is 1. The number of aromatic nitrogens is 4. The molecule has 2 heterocycles.